The Balaban J connectivity index is 6.43. The molecule has 0 unspecified atom stereocenters. The van der Waals surface area contributed by atoms with Gasteiger partial charge in [0.05, 0.1) is 0 Å². The molecule has 0 saturated carbocycles. The summed E-state index contributed by atoms with van der Waals surface area (Å²) in [6.45, 7) is 24.9. The maximum atomic E-state index is 7.27. The molecule has 0 bridgehead atoms. The molecule has 28 heavy (non-hydrogen) atoms. The van der Waals surface area contributed by atoms with E-state index in [1.807, 2.05) is 6.08 Å². The van der Waals surface area contributed by atoms with Crippen LogP contribution in [0, 0.1) is 0 Å². The van der Waals surface area contributed by atoms with Gasteiger partial charge < -0.3 is 12.3 Å². The monoisotopic (exact) mass is 462 g/mol. The average Bonchev–Trinajstić information content (AvgIpc) is 2.75. The maximum absolute atomic E-state index is 7.27. The summed E-state index contributed by atoms with van der Waals surface area (Å²) in [7, 11) is -8.40. The van der Waals surface area contributed by atoms with Crippen LogP contribution in [0.2, 0.25) is 60.4 Å². The third-order valence-corrected chi connectivity index (χ3v) is 28.6. The summed E-state index contributed by atoms with van der Waals surface area (Å²) in [5.41, 5.74) is 0. The first-order valence-corrected chi connectivity index (χ1v) is 21.5. The molecule has 0 aromatic rings. The Bertz CT molecular complexity index is 354. The van der Waals surface area contributed by atoms with Crippen molar-refractivity contribution in [3.63, 3.8) is 0 Å². The van der Waals surface area contributed by atoms with Gasteiger partial charge in [0.15, 0.2) is 25.0 Å². The van der Waals surface area contributed by atoms with E-state index in [1.54, 1.807) is 0 Å². The van der Waals surface area contributed by atoms with E-state index in [-0.39, 0.29) is 0 Å². The number of rotatable bonds is 17. The minimum atomic E-state index is -2.82. The highest BCUT2D eigenvalue weighted by Crippen LogP contribution is 2.38. The van der Waals surface area contributed by atoms with Crippen LogP contribution in [0.25, 0.3) is 0 Å². The van der Waals surface area contributed by atoms with Crippen LogP contribution in [0.15, 0.2) is 12.7 Å². The molecule has 0 rings (SSSR count). The van der Waals surface area contributed by atoms with Crippen LogP contribution in [0.1, 0.15) is 62.3 Å². The summed E-state index contributed by atoms with van der Waals surface area (Å²) >= 11 is 0. The van der Waals surface area contributed by atoms with Gasteiger partial charge in [-0.15, -0.1) is 6.58 Å². The number of hydrogen-bond donors (Lipinski definition) is 0. The first-order valence-electron chi connectivity index (χ1n) is 11.9. The van der Waals surface area contributed by atoms with Crippen LogP contribution < -0.4 is 0 Å². The van der Waals surface area contributed by atoms with Crippen LogP contribution in [-0.2, 0) is 12.3 Å². The Morgan fingerprint density at radius 2 is 0.714 bits per heavy atom. The molecule has 0 fully saturated rings. The quantitative estimate of drug-likeness (QED) is 0.161. The van der Waals surface area contributed by atoms with E-state index in [2.05, 4.69) is 68.9 Å². The lowest BCUT2D eigenvalue weighted by atomic mass is 10.8. The molecule has 0 atom stereocenters. The van der Waals surface area contributed by atoms with Gasteiger partial charge in [0.1, 0.15) is 0 Å². The lowest BCUT2D eigenvalue weighted by molar-refractivity contribution is 0.244. The molecule has 0 radical (unpaired) electrons. The first kappa shape index (κ1) is 28.5. The molecule has 0 N–H and O–H groups in total. The number of allylic oxidation sites excluding steroid dienone is 1. The summed E-state index contributed by atoms with van der Waals surface area (Å²) in [4.78, 5) is 0. The Kier molecular flexibility index (Phi) is 13.2. The largest absolute Gasteiger partial charge is 0.473 e. The fourth-order valence-corrected chi connectivity index (χ4v) is 24.8. The molecule has 0 aromatic heterocycles. The zero-order chi connectivity index (χ0) is 21.9. The minimum absolute atomic E-state index is 0.769. The SMILES string of the molecule is C=CC[Si](O[Si](CC)(CC)CC)(O[Si](CC)(CC)CC)O[Si](CC)(CC)CC. The van der Waals surface area contributed by atoms with Gasteiger partial charge in [0.25, 0.3) is 0 Å². The molecule has 0 aliphatic heterocycles. The summed E-state index contributed by atoms with van der Waals surface area (Å²) in [5, 5.41) is 0. The van der Waals surface area contributed by atoms with Crippen molar-refractivity contribution in [1.82, 2.24) is 0 Å². The van der Waals surface area contributed by atoms with Gasteiger partial charge >= 0.3 is 8.80 Å². The second kappa shape index (κ2) is 13.0. The highest BCUT2D eigenvalue weighted by molar-refractivity contribution is 6.92. The van der Waals surface area contributed by atoms with Crippen molar-refractivity contribution in [3.8, 4) is 0 Å². The summed E-state index contributed by atoms with van der Waals surface area (Å²) in [6, 6.07) is 11.0. The smallest absolute Gasteiger partial charge is 0.416 e. The van der Waals surface area contributed by atoms with E-state index in [0.29, 0.717) is 0 Å². The van der Waals surface area contributed by atoms with Gasteiger partial charge in [-0.3, -0.25) is 0 Å². The number of hydrogen-bond acceptors (Lipinski definition) is 3. The van der Waals surface area contributed by atoms with Crippen LogP contribution in [0.5, 0.6) is 0 Å². The molecule has 0 aromatic carbocycles. The van der Waals surface area contributed by atoms with E-state index in [4.69, 9.17) is 12.3 Å². The van der Waals surface area contributed by atoms with E-state index in [1.165, 1.54) is 0 Å². The third-order valence-electron chi connectivity index (χ3n) is 7.31. The van der Waals surface area contributed by atoms with Crippen LogP contribution in [0.4, 0.5) is 0 Å². The van der Waals surface area contributed by atoms with Crippen LogP contribution in [-0.4, -0.2) is 33.8 Å². The molecule has 0 aliphatic rings. The lowest BCUT2D eigenvalue weighted by Gasteiger charge is -2.48. The Morgan fingerprint density at radius 3 is 0.857 bits per heavy atom. The molecular weight excluding hydrogens is 413 g/mol. The fraction of sp³-hybridized carbons (Fsp3) is 0.905. The van der Waals surface area contributed by atoms with Crippen molar-refractivity contribution < 1.29 is 12.3 Å². The second-order valence-electron chi connectivity index (χ2n) is 8.21. The van der Waals surface area contributed by atoms with Crippen LogP contribution >= 0.6 is 0 Å². The summed E-state index contributed by atoms with van der Waals surface area (Å²) in [6.07, 6.45) is 2.02. The van der Waals surface area contributed by atoms with Gasteiger partial charge in [-0.05, 0) is 54.4 Å². The van der Waals surface area contributed by atoms with Crippen LogP contribution in [0.3, 0.4) is 0 Å². The molecule has 168 valence electrons. The van der Waals surface area contributed by atoms with Gasteiger partial charge in [0.2, 0.25) is 0 Å². The van der Waals surface area contributed by atoms with Crippen molar-refractivity contribution in [1.29, 1.82) is 0 Å². The van der Waals surface area contributed by atoms with Crippen molar-refractivity contribution in [3.05, 3.63) is 12.7 Å². The topological polar surface area (TPSA) is 27.7 Å². The van der Waals surface area contributed by atoms with E-state index in [0.717, 1.165) is 60.4 Å². The van der Waals surface area contributed by atoms with Gasteiger partial charge in [0, 0.05) is 6.04 Å². The first-order chi connectivity index (χ1) is 13.2. The summed E-state index contributed by atoms with van der Waals surface area (Å²) in [5.74, 6) is 0. The second-order valence-corrected chi connectivity index (χ2v) is 25.9. The Hall–Kier alpha value is 0.488. The van der Waals surface area contributed by atoms with Gasteiger partial charge in [-0.2, -0.15) is 0 Å². The highest BCUT2D eigenvalue weighted by Gasteiger charge is 2.54. The summed E-state index contributed by atoms with van der Waals surface area (Å²) < 4.78 is 21.8. The molecule has 0 aliphatic carbocycles. The van der Waals surface area contributed by atoms with E-state index < -0.39 is 33.8 Å². The highest BCUT2D eigenvalue weighted by atomic mass is 28.5. The third kappa shape index (κ3) is 7.03. The molecule has 0 spiro atoms. The Labute approximate surface area is 181 Å². The molecule has 0 amide bonds. The normalized spacial score (nSPS) is 13.8. The lowest BCUT2D eigenvalue weighted by Crippen LogP contribution is -2.64. The average molecular weight is 463 g/mol. The fourth-order valence-electron chi connectivity index (χ4n) is 4.25. The van der Waals surface area contributed by atoms with Crippen molar-refractivity contribution in [2.45, 2.75) is 123 Å². The standard InChI is InChI=1S/C21H50O3Si4/c1-11-21-28(22-25(12-2,13-3)14-4,23-26(15-5,16-6)17-7)24-27(18-8,19-9)20-10/h11H,1,12-21H2,2-10H3. The van der Waals surface area contributed by atoms with Crippen molar-refractivity contribution in [2.75, 3.05) is 0 Å². The van der Waals surface area contributed by atoms with Crippen molar-refractivity contribution in [2.24, 2.45) is 0 Å². The van der Waals surface area contributed by atoms with Gasteiger partial charge in [-0.1, -0.05) is 68.4 Å². The molecule has 0 heterocycles. The predicted molar refractivity (Wildman–Crippen MR) is 136 cm³/mol. The predicted octanol–water partition coefficient (Wildman–Crippen LogP) is 8.18. The van der Waals surface area contributed by atoms with E-state index >= 15 is 0 Å². The zero-order valence-electron chi connectivity index (χ0n) is 20.6. The molecule has 3 nitrogen and oxygen atoms in total. The van der Waals surface area contributed by atoms with Gasteiger partial charge in [-0.25, -0.2) is 0 Å². The Morgan fingerprint density at radius 1 is 0.500 bits per heavy atom. The molecule has 0 saturated heterocycles. The molecular formula is C21H50O3Si4. The zero-order valence-corrected chi connectivity index (χ0v) is 24.6. The molecule has 7 heteroatoms. The maximum Gasteiger partial charge on any atom is 0.473 e. The van der Waals surface area contributed by atoms with E-state index in [9.17, 15) is 0 Å². The minimum Gasteiger partial charge on any atom is -0.416 e. The van der Waals surface area contributed by atoms with Crippen molar-refractivity contribution >= 4 is 33.8 Å².